The number of hydrogen-bond donors (Lipinski definition) is 0. The van der Waals surface area contributed by atoms with Gasteiger partial charge in [0.05, 0.1) is 12.0 Å². The van der Waals surface area contributed by atoms with Crippen LogP contribution in [0.1, 0.15) is 34.2 Å². The molecule has 0 radical (unpaired) electrons. The number of para-hydroxylation sites is 1. The highest BCUT2D eigenvalue weighted by Gasteiger charge is 2.39. The van der Waals surface area contributed by atoms with E-state index >= 15 is 0 Å². The summed E-state index contributed by atoms with van der Waals surface area (Å²) in [5, 5.41) is -0.843. The fourth-order valence-electron chi connectivity index (χ4n) is 2.11. The molecule has 7 heteroatoms. The van der Waals surface area contributed by atoms with Gasteiger partial charge in [-0.1, -0.05) is 18.2 Å². The predicted molar refractivity (Wildman–Crippen MR) is 76.4 cm³/mol. The van der Waals surface area contributed by atoms with Gasteiger partial charge in [-0.3, -0.25) is 0 Å². The molecule has 0 N–H and O–H groups in total. The van der Waals surface area contributed by atoms with Crippen molar-refractivity contribution in [1.82, 2.24) is 4.98 Å². The molecule has 0 amide bonds. The normalized spacial score (nSPS) is 14.9. The molecule has 1 aliphatic carbocycles. The number of rotatable bonds is 5. The van der Waals surface area contributed by atoms with E-state index in [9.17, 15) is 13.2 Å². The first-order valence-corrected chi connectivity index (χ1v) is 7.63. The first-order valence-electron chi connectivity index (χ1n) is 6.81. The van der Waals surface area contributed by atoms with Crippen LogP contribution in [0.3, 0.4) is 0 Å². The zero-order valence-corrected chi connectivity index (χ0v) is 12.6. The molecule has 3 nitrogen and oxygen atoms in total. The molecule has 0 unspecified atom stereocenters. The summed E-state index contributed by atoms with van der Waals surface area (Å²) in [5.74, 6) is 0.897. The number of methoxy groups -OCH3 is 1. The van der Waals surface area contributed by atoms with E-state index in [-0.39, 0.29) is 18.4 Å². The molecule has 1 aliphatic rings. The molecule has 1 fully saturated rings. The van der Waals surface area contributed by atoms with Crippen molar-refractivity contribution in [3.8, 4) is 11.6 Å². The van der Waals surface area contributed by atoms with Gasteiger partial charge in [0, 0.05) is 5.56 Å². The maximum atomic E-state index is 12.8. The van der Waals surface area contributed by atoms with Gasteiger partial charge in [-0.15, -0.1) is 11.3 Å². The van der Waals surface area contributed by atoms with Crippen LogP contribution in [0.5, 0.6) is 11.6 Å². The van der Waals surface area contributed by atoms with Crippen molar-refractivity contribution < 1.29 is 22.6 Å². The number of aromatic nitrogens is 1. The minimum Gasteiger partial charge on any atom is -0.496 e. The molecular formula is C15H14F3NO2S. The van der Waals surface area contributed by atoms with Crippen LogP contribution in [0.25, 0.3) is 0 Å². The molecule has 1 aromatic carbocycles. The quantitative estimate of drug-likeness (QED) is 0.801. The zero-order valence-electron chi connectivity index (χ0n) is 11.8. The fourth-order valence-corrected chi connectivity index (χ4v) is 3.16. The van der Waals surface area contributed by atoms with Crippen molar-refractivity contribution in [1.29, 1.82) is 0 Å². The number of alkyl halides is 3. The lowest BCUT2D eigenvalue weighted by Gasteiger charge is -2.09. The Labute approximate surface area is 129 Å². The highest BCUT2D eigenvalue weighted by Crippen LogP contribution is 2.49. The highest BCUT2D eigenvalue weighted by molar-refractivity contribution is 7.12. The number of hydrogen-bond acceptors (Lipinski definition) is 4. The number of halogens is 3. The minimum absolute atomic E-state index is 0.103. The molecule has 0 bridgehead atoms. The van der Waals surface area contributed by atoms with Crippen LogP contribution < -0.4 is 9.47 Å². The van der Waals surface area contributed by atoms with E-state index in [1.165, 1.54) is 0 Å². The third-order valence-electron chi connectivity index (χ3n) is 3.37. The smallest absolute Gasteiger partial charge is 0.443 e. The van der Waals surface area contributed by atoms with E-state index in [4.69, 9.17) is 9.47 Å². The van der Waals surface area contributed by atoms with Crippen molar-refractivity contribution >= 4 is 11.3 Å². The maximum absolute atomic E-state index is 12.8. The van der Waals surface area contributed by atoms with E-state index in [0.717, 1.165) is 18.4 Å². The van der Waals surface area contributed by atoms with Gasteiger partial charge in [0.1, 0.15) is 12.4 Å². The maximum Gasteiger partial charge on any atom is 0.443 e. The van der Waals surface area contributed by atoms with E-state index in [1.54, 1.807) is 13.2 Å². The van der Waals surface area contributed by atoms with Crippen molar-refractivity contribution in [3.05, 3.63) is 39.7 Å². The summed E-state index contributed by atoms with van der Waals surface area (Å²) >= 11 is 0.690. The summed E-state index contributed by atoms with van der Waals surface area (Å²) in [6.45, 7) is 0.130. The summed E-state index contributed by atoms with van der Waals surface area (Å²) in [7, 11) is 1.54. The largest absolute Gasteiger partial charge is 0.496 e. The lowest BCUT2D eigenvalue weighted by atomic mass is 10.2. The summed E-state index contributed by atoms with van der Waals surface area (Å²) in [4.78, 5) is 4.24. The topological polar surface area (TPSA) is 31.4 Å². The molecule has 2 aromatic rings. The molecule has 1 heterocycles. The Hall–Kier alpha value is -1.76. The standard InChI is InChI=1S/C15H14F3NO2S/c1-20-11-5-3-2-4-10(11)8-21-13-12(9-6-7-9)22-14(19-13)15(16,17)18/h2-5,9H,6-8H2,1H3. The molecule has 1 saturated carbocycles. The van der Waals surface area contributed by atoms with Crippen molar-refractivity contribution in [2.45, 2.75) is 31.5 Å². The molecular weight excluding hydrogens is 315 g/mol. The molecule has 1 aromatic heterocycles. The number of thiazole rings is 1. The third-order valence-corrected chi connectivity index (χ3v) is 4.61. The minimum atomic E-state index is -4.43. The number of benzene rings is 1. The Morgan fingerprint density at radius 3 is 2.64 bits per heavy atom. The molecule has 0 atom stereocenters. The Morgan fingerprint density at radius 2 is 2.00 bits per heavy atom. The molecule has 22 heavy (non-hydrogen) atoms. The predicted octanol–water partition coefficient (Wildman–Crippen LogP) is 4.63. The second-order valence-corrected chi connectivity index (χ2v) is 6.09. The molecule has 0 saturated heterocycles. The monoisotopic (exact) mass is 329 g/mol. The number of nitrogens with zero attached hydrogens (tertiary/aromatic N) is 1. The van der Waals surface area contributed by atoms with Gasteiger partial charge in [-0.05, 0) is 24.8 Å². The average molecular weight is 329 g/mol. The molecule has 0 spiro atoms. The van der Waals surface area contributed by atoms with Crippen molar-refractivity contribution in [2.24, 2.45) is 0 Å². The van der Waals surface area contributed by atoms with E-state index in [1.807, 2.05) is 18.2 Å². The van der Waals surface area contributed by atoms with Gasteiger partial charge in [-0.2, -0.15) is 18.2 Å². The second-order valence-electron chi connectivity index (χ2n) is 5.06. The zero-order chi connectivity index (χ0) is 15.7. The van der Waals surface area contributed by atoms with E-state index in [0.29, 0.717) is 22.0 Å². The SMILES string of the molecule is COc1ccccc1COc1nc(C(F)(F)F)sc1C1CC1. The van der Waals surface area contributed by atoms with Gasteiger partial charge in [0.25, 0.3) is 0 Å². The third kappa shape index (κ3) is 3.19. The molecule has 118 valence electrons. The fraction of sp³-hybridized carbons (Fsp3) is 0.400. The van der Waals surface area contributed by atoms with Gasteiger partial charge in [-0.25, -0.2) is 0 Å². The van der Waals surface area contributed by atoms with Crippen LogP contribution in [-0.2, 0) is 12.8 Å². The first-order chi connectivity index (χ1) is 10.5. The number of ether oxygens (including phenoxy) is 2. The Kier molecular flexibility index (Phi) is 3.99. The Morgan fingerprint density at radius 1 is 1.27 bits per heavy atom. The molecule has 0 aliphatic heterocycles. The summed E-state index contributed by atoms with van der Waals surface area (Å²) < 4.78 is 49.2. The van der Waals surface area contributed by atoms with Gasteiger partial charge >= 0.3 is 6.18 Å². The van der Waals surface area contributed by atoms with Crippen LogP contribution in [0.15, 0.2) is 24.3 Å². The lowest BCUT2D eigenvalue weighted by Crippen LogP contribution is -2.04. The molecule has 3 rings (SSSR count). The average Bonchev–Trinajstić information content (AvgIpc) is 3.23. The van der Waals surface area contributed by atoms with Crippen molar-refractivity contribution in [3.63, 3.8) is 0 Å². The van der Waals surface area contributed by atoms with Gasteiger partial charge in [0.15, 0.2) is 0 Å². The van der Waals surface area contributed by atoms with Gasteiger partial charge in [0.2, 0.25) is 10.9 Å². The van der Waals surface area contributed by atoms with Crippen LogP contribution in [-0.4, -0.2) is 12.1 Å². The Balaban J connectivity index is 1.81. The summed E-state index contributed by atoms with van der Waals surface area (Å²) in [6.07, 6.45) is -2.64. The first kappa shape index (κ1) is 15.1. The summed E-state index contributed by atoms with van der Waals surface area (Å²) in [6, 6.07) is 7.24. The highest BCUT2D eigenvalue weighted by atomic mass is 32.1. The summed E-state index contributed by atoms with van der Waals surface area (Å²) in [5.41, 5.74) is 0.772. The van der Waals surface area contributed by atoms with Crippen molar-refractivity contribution in [2.75, 3.05) is 7.11 Å². The van der Waals surface area contributed by atoms with Crippen LogP contribution in [0, 0.1) is 0 Å². The Bertz CT molecular complexity index is 665. The lowest BCUT2D eigenvalue weighted by molar-refractivity contribution is -0.137. The van der Waals surface area contributed by atoms with E-state index in [2.05, 4.69) is 4.98 Å². The van der Waals surface area contributed by atoms with E-state index < -0.39 is 11.2 Å². The van der Waals surface area contributed by atoms with Crippen LogP contribution in [0.4, 0.5) is 13.2 Å². The van der Waals surface area contributed by atoms with Gasteiger partial charge < -0.3 is 9.47 Å². The van der Waals surface area contributed by atoms with Crippen LogP contribution >= 0.6 is 11.3 Å². The second kappa shape index (κ2) is 5.79. The van der Waals surface area contributed by atoms with Crippen LogP contribution in [0.2, 0.25) is 0 Å².